The van der Waals surface area contributed by atoms with Gasteiger partial charge in [0.15, 0.2) is 0 Å². The maximum Gasteiger partial charge on any atom is 0.326 e. The van der Waals surface area contributed by atoms with Crippen molar-refractivity contribution in [1.29, 1.82) is 0 Å². The van der Waals surface area contributed by atoms with Gasteiger partial charge < -0.3 is 10.0 Å². The standard InChI is InChI=1S/C17H30N2O3/c1-4-13(18(5-2)6-3)16(20)19-14-10-8-7-9-12(14)11-15(19)17(21)22/h12-15H,4-11H2,1-3H3,(H,21,22). The van der Waals surface area contributed by atoms with Crippen LogP contribution in [0.1, 0.15) is 59.3 Å². The number of hydrogen-bond donors (Lipinski definition) is 1. The van der Waals surface area contributed by atoms with Gasteiger partial charge in [-0.15, -0.1) is 0 Å². The van der Waals surface area contributed by atoms with E-state index >= 15 is 0 Å². The maximum absolute atomic E-state index is 13.1. The molecule has 1 aliphatic carbocycles. The lowest BCUT2D eigenvalue weighted by atomic mass is 9.84. The summed E-state index contributed by atoms with van der Waals surface area (Å²) in [6.07, 6.45) is 5.69. The van der Waals surface area contributed by atoms with Crippen LogP contribution in [0, 0.1) is 5.92 Å². The highest BCUT2D eigenvalue weighted by atomic mass is 16.4. The Labute approximate surface area is 133 Å². The molecule has 4 atom stereocenters. The van der Waals surface area contributed by atoms with E-state index in [1.54, 1.807) is 4.90 Å². The summed E-state index contributed by atoms with van der Waals surface area (Å²) in [5.74, 6) is -0.418. The number of hydrogen-bond acceptors (Lipinski definition) is 3. The molecule has 0 aromatic heterocycles. The lowest BCUT2D eigenvalue weighted by Crippen LogP contribution is -2.54. The van der Waals surface area contributed by atoms with Crippen LogP contribution in [0.15, 0.2) is 0 Å². The van der Waals surface area contributed by atoms with Crippen molar-refractivity contribution in [3.8, 4) is 0 Å². The van der Waals surface area contributed by atoms with Crippen LogP contribution in [0.5, 0.6) is 0 Å². The second kappa shape index (κ2) is 7.44. The lowest BCUT2D eigenvalue weighted by molar-refractivity contribution is -0.152. The van der Waals surface area contributed by atoms with Crippen molar-refractivity contribution in [3.63, 3.8) is 0 Å². The monoisotopic (exact) mass is 310 g/mol. The molecule has 1 aliphatic heterocycles. The van der Waals surface area contributed by atoms with Crippen molar-refractivity contribution in [2.45, 2.75) is 77.4 Å². The molecule has 5 heteroatoms. The molecular formula is C17H30N2O3. The van der Waals surface area contributed by atoms with Crippen LogP contribution >= 0.6 is 0 Å². The van der Waals surface area contributed by atoms with Gasteiger partial charge in [0.25, 0.3) is 0 Å². The van der Waals surface area contributed by atoms with Gasteiger partial charge in [0.1, 0.15) is 6.04 Å². The number of nitrogens with zero attached hydrogens (tertiary/aromatic N) is 2. The highest BCUT2D eigenvalue weighted by molar-refractivity contribution is 5.88. The van der Waals surface area contributed by atoms with E-state index < -0.39 is 12.0 Å². The molecular weight excluding hydrogens is 280 g/mol. The molecule has 1 saturated heterocycles. The zero-order valence-electron chi connectivity index (χ0n) is 14.1. The molecule has 2 fully saturated rings. The van der Waals surface area contributed by atoms with Crippen molar-refractivity contribution < 1.29 is 14.7 Å². The molecule has 0 bridgehead atoms. The van der Waals surface area contributed by atoms with Gasteiger partial charge in [-0.1, -0.05) is 33.6 Å². The van der Waals surface area contributed by atoms with Crippen LogP contribution in [0.3, 0.4) is 0 Å². The van der Waals surface area contributed by atoms with E-state index in [2.05, 4.69) is 18.7 Å². The predicted molar refractivity (Wildman–Crippen MR) is 85.6 cm³/mol. The number of rotatable bonds is 6. The fraction of sp³-hybridized carbons (Fsp3) is 0.882. The smallest absolute Gasteiger partial charge is 0.326 e. The normalized spacial score (nSPS) is 29.5. The SMILES string of the molecule is CCC(C(=O)N1C(C(=O)O)CC2CCCCC21)N(CC)CC. The Kier molecular flexibility index (Phi) is 5.84. The van der Waals surface area contributed by atoms with Gasteiger partial charge in [-0.3, -0.25) is 9.69 Å². The van der Waals surface area contributed by atoms with E-state index in [1.165, 1.54) is 6.42 Å². The van der Waals surface area contributed by atoms with Crippen LogP contribution in [-0.4, -0.2) is 58.0 Å². The molecule has 22 heavy (non-hydrogen) atoms. The molecule has 0 spiro atoms. The molecule has 1 N–H and O–H groups in total. The summed E-state index contributed by atoms with van der Waals surface area (Å²) in [5.41, 5.74) is 0. The molecule has 1 saturated carbocycles. The van der Waals surface area contributed by atoms with Crippen molar-refractivity contribution in [1.82, 2.24) is 9.80 Å². The van der Waals surface area contributed by atoms with Gasteiger partial charge in [0.2, 0.25) is 5.91 Å². The van der Waals surface area contributed by atoms with Gasteiger partial charge in [-0.05, 0) is 44.7 Å². The van der Waals surface area contributed by atoms with E-state index in [4.69, 9.17) is 0 Å². The number of likely N-dealkylation sites (tertiary alicyclic amines) is 1. The zero-order chi connectivity index (χ0) is 16.3. The Morgan fingerprint density at radius 2 is 1.82 bits per heavy atom. The number of fused-ring (bicyclic) bond motifs is 1. The molecule has 0 aromatic carbocycles. The summed E-state index contributed by atoms with van der Waals surface area (Å²) in [7, 11) is 0. The van der Waals surface area contributed by atoms with Crippen LogP contribution in [0.4, 0.5) is 0 Å². The zero-order valence-corrected chi connectivity index (χ0v) is 14.1. The van der Waals surface area contributed by atoms with Gasteiger partial charge in [-0.2, -0.15) is 0 Å². The maximum atomic E-state index is 13.1. The van der Waals surface area contributed by atoms with Gasteiger partial charge in [-0.25, -0.2) is 4.79 Å². The minimum Gasteiger partial charge on any atom is -0.480 e. The Bertz CT molecular complexity index is 409. The van der Waals surface area contributed by atoms with E-state index in [1.807, 2.05) is 6.92 Å². The molecule has 0 aromatic rings. The number of amides is 1. The topological polar surface area (TPSA) is 60.9 Å². The summed E-state index contributed by atoms with van der Waals surface area (Å²) < 4.78 is 0. The summed E-state index contributed by atoms with van der Waals surface area (Å²) >= 11 is 0. The summed E-state index contributed by atoms with van der Waals surface area (Å²) in [6.45, 7) is 7.77. The molecule has 0 radical (unpaired) electrons. The first-order chi connectivity index (χ1) is 10.5. The summed E-state index contributed by atoms with van der Waals surface area (Å²) in [5, 5.41) is 9.58. The number of aliphatic carboxylic acids is 1. The second-order valence-electron chi connectivity index (χ2n) is 6.59. The van der Waals surface area contributed by atoms with Crippen molar-refractivity contribution in [2.75, 3.05) is 13.1 Å². The number of carboxylic acids is 1. The van der Waals surface area contributed by atoms with E-state index in [-0.39, 0.29) is 18.0 Å². The average Bonchev–Trinajstić information content (AvgIpc) is 2.91. The van der Waals surface area contributed by atoms with E-state index in [9.17, 15) is 14.7 Å². The van der Waals surface area contributed by atoms with Crippen molar-refractivity contribution in [2.24, 2.45) is 5.92 Å². The third-order valence-electron chi connectivity index (χ3n) is 5.55. The van der Waals surface area contributed by atoms with Crippen LogP contribution < -0.4 is 0 Å². The number of carbonyl (C=O) groups is 2. The highest BCUT2D eigenvalue weighted by Gasteiger charge is 2.49. The Balaban J connectivity index is 2.24. The Morgan fingerprint density at radius 1 is 1.18 bits per heavy atom. The van der Waals surface area contributed by atoms with Gasteiger partial charge >= 0.3 is 5.97 Å². The molecule has 4 unspecified atom stereocenters. The van der Waals surface area contributed by atoms with Crippen LogP contribution in [-0.2, 0) is 9.59 Å². The van der Waals surface area contributed by atoms with Gasteiger partial charge in [0.05, 0.1) is 6.04 Å². The third kappa shape index (κ3) is 3.14. The van der Waals surface area contributed by atoms with Crippen LogP contribution in [0.2, 0.25) is 0 Å². The number of carbonyl (C=O) groups excluding carboxylic acids is 1. The Hall–Kier alpha value is -1.10. The number of likely N-dealkylation sites (N-methyl/N-ethyl adjacent to an activating group) is 1. The van der Waals surface area contributed by atoms with E-state index in [0.29, 0.717) is 12.3 Å². The predicted octanol–water partition coefficient (Wildman–Crippen LogP) is 2.35. The first-order valence-corrected chi connectivity index (χ1v) is 8.84. The minimum atomic E-state index is -0.836. The van der Waals surface area contributed by atoms with E-state index in [0.717, 1.165) is 38.8 Å². The van der Waals surface area contributed by atoms with Crippen molar-refractivity contribution >= 4 is 11.9 Å². The molecule has 1 heterocycles. The molecule has 2 aliphatic rings. The molecule has 1 amide bonds. The highest BCUT2D eigenvalue weighted by Crippen LogP contribution is 2.40. The quantitative estimate of drug-likeness (QED) is 0.818. The second-order valence-corrected chi connectivity index (χ2v) is 6.59. The minimum absolute atomic E-state index is 0.0352. The third-order valence-corrected chi connectivity index (χ3v) is 5.55. The van der Waals surface area contributed by atoms with Gasteiger partial charge in [0, 0.05) is 6.04 Å². The van der Waals surface area contributed by atoms with Crippen molar-refractivity contribution in [3.05, 3.63) is 0 Å². The first-order valence-electron chi connectivity index (χ1n) is 8.84. The fourth-order valence-corrected chi connectivity index (χ4v) is 4.42. The largest absolute Gasteiger partial charge is 0.480 e. The summed E-state index contributed by atoms with van der Waals surface area (Å²) in [4.78, 5) is 28.7. The lowest BCUT2D eigenvalue weighted by Gasteiger charge is -2.38. The van der Waals surface area contributed by atoms with Crippen LogP contribution in [0.25, 0.3) is 0 Å². The number of carboxylic acid groups (broad SMARTS) is 1. The Morgan fingerprint density at radius 3 is 2.36 bits per heavy atom. The summed E-state index contributed by atoms with van der Waals surface area (Å²) in [6, 6.07) is -0.658. The first kappa shape index (κ1) is 17.3. The fourth-order valence-electron chi connectivity index (χ4n) is 4.42. The average molecular weight is 310 g/mol. The molecule has 2 rings (SSSR count). The molecule has 126 valence electrons. The molecule has 5 nitrogen and oxygen atoms in total.